The fourth-order valence-corrected chi connectivity index (χ4v) is 3.61. The molecule has 0 unspecified atom stereocenters. The van der Waals surface area contributed by atoms with Gasteiger partial charge in [0.25, 0.3) is 5.91 Å². The zero-order chi connectivity index (χ0) is 20.3. The number of amides is 2. The predicted octanol–water partition coefficient (Wildman–Crippen LogP) is 5.45. The molecule has 144 valence electrons. The van der Waals surface area contributed by atoms with Gasteiger partial charge in [-0.25, -0.2) is 4.98 Å². The Bertz CT molecular complexity index is 1010. The van der Waals surface area contributed by atoms with Crippen molar-refractivity contribution in [2.45, 2.75) is 33.6 Å². The smallest absolute Gasteiger partial charge is 0.275 e. The quantitative estimate of drug-likeness (QED) is 0.605. The van der Waals surface area contributed by atoms with Crippen LogP contribution in [0.3, 0.4) is 0 Å². The molecule has 2 aromatic carbocycles. The van der Waals surface area contributed by atoms with E-state index in [1.165, 1.54) is 23.8 Å². The summed E-state index contributed by atoms with van der Waals surface area (Å²) < 4.78 is 0. The van der Waals surface area contributed by atoms with Crippen LogP contribution in [0.5, 0.6) is 0 Å². The molecule has 0 saturated carbocycles. The Labute approximate surface area is 168 Å². The third-order valence-electron chi connectivity index (χ3n) is 4.45. The van der Waals surface area contributed by atoms with E-state index < -0.39 is 0 Å². The average Bonchev–Trinajstić information content (AvgIpc) is 3.15. The minimum absolute atomic E-state index is 0.154. The van der Waals surface area contributed by atoms with Crippen LogP contribution in [0.15, 0.2) is 47.8 Å². The molecular formula is C22H23N3O2S. The Hall–Kier alpha value is -2.99. The van der Waals surface area contributed by atoms with Gasteiger partial charge in [0.2, 0.25) is 5.91 Å². The first-order chi connectivity index (χ1) is 13.3. The number of thiazole rings is 1. The van der Waals surface area contributed by atoms with Crippen LogP contribution in [0, 0.1) is 6.92 Å². The van der Waals surface area contributed by atoms with Gasteiger partial charge in [0.05, 0.1) is 0 Å². The number of nitrogens with one attached hydrogen (secondary N) is 2. The molecule has 0 atom stereocenters. The van der Waals surface area contributed by atoms with Crippen LogP contribution in [-0.2, 0) is 4.79 Å². The van der Waals surface area contributed by atoms with Crippen LogP contribution in [0.4, 0.5) is 11.4 Å². The van der Waals surface area contributed by atoms with Crippen molar-refractivity contribution in [1.29, 1.82) is 0 Å². The number of anilines is 2. The lowest BCUT2D eigenvalue weighted by atomic mass is 10.0. The van der Waals surface area contributed by atoms with E-state index in [0.717, 1.165) is 16.1 Å². The molecule has 2 amide bonds. The molecule has 28 heavy (non-hydrogen) atoms. The van der Waals surface area contributed by atoms with Gasteiger partial charge in [-0.05, 0) is 36.1 Å². The average molecular weight is 394 g/mol. The molecule has 0 aliphatic carbocycles. The Morgan fingerprint density at radius 1 is 1.00 bits per heavy atom. The van der Waals surface area contributed by atoms with Crippen LogP contribution in [0.2, 0.25) is 0 Å². The van der Waals surface area contributed by atoms with E-state index in [0.29, 0.717) is 23.0 Å². The third kappa shape index (κ3) is 4.46. The topological polar surface area (TPSA) is 71.1 Å². The zero-order valence-electron chi connectivity index (χ0n) is 16.4. The highest BCUT2D eigenvalue weighted by molar-refractivity contribution is 7.13. The minimum atomic E-state index is -0.274. The maximum absolute atomic E-state index is 12.6. The third-order valence-corrected chi connectivity index (χ3v) is 5.35. The monoisotopic (exact) mass is 393 g/mol. The van der Waals surface area contributed by atoms with Gasteiger partial charge >= 0.3 is 0 Å². The van der Waals surface area contributed by atoms with E-state index in [4.69, 9.17) is 0 Å². The number of hydrogen-bond donors (Lipinski definition) is 2. The van der Waals surface area contributed by atoms with Gasteiger partial charge in [-0.2, -0.15) is 0 Å². The van der Waals surface area contributed by atoms with Crippen molar-refractivity contribution in [3.05, 3.63) is 64.7 Å². The maximum Gasteiger partial charge on any atom is 0.275 e. The highest BCUT2D eigenvalue weighted by Gasteiger charge is 2.14. The Morgan fingerprint density at radius 2 is 1.64 bits per heavy atom. The van der Waals surface area contributed by atoms with Crippen LogP contribution in [-0.4, -0.2) is 16.8 Å². The molecular weight excluding hydrogens is 370 g/mol. The summed E-state index contributed by atoms with van der Waals surface area (Å²) in [4.78, 5) is 28.4. The number of carbonyl (C=O) groups excluding carboxylic acids is 2. The number of benzene rings is 2. The number of rotatable bonds is 5. The van der Waals surface area contributed by atoms with Crippen molar-refractivity contribution in [3.63, 3.8) is 0 Å². The van der Waals surface area contributed by atoms with Gasteiger partial charge in [-0.1, -0.05) is 44.2 Å². The van der Waals surface area contributed by atoms with Crippen molar-refractivity contribution >= 4 is 34.5 Å². The second-order valence-corrected chi connectivity index (χ2v) is 7.79. The lowest BCUT2D eigenvalue weighted by Gasteiger charge is -2.12. The fourth-order valence-electron chi connectivity index (χ4n) is 2.80. The van der Waals surface area contributed by atoms with Gasteiger partial charge < -0.3 is 10.6 Å². The van der Waals surface area contributed by atoms with E-state index in [1.807, 2.05) is 19.1 Å². The first-order valence-corrected chi connectivity index (χ1v) is 9.97. The summed E-state index contributed by atoms with van der Waals surface area (Å²) in [7, 11) is 0. The van der Waals surface area contributed by atoms with Gasteiger partial charge in [0, 0.05) is 29.2 Å². The van der Waals surface area contributed by atoms with Gasteiger partial charge in [0.1, 0.15) is 10.7 Å². The van der Waals surface area contributed by atoms with E-state index in [2.05, 4.69) is 41.6 Å². The SMILES string of the molecule is CC(=O)Nc1cccc(NC(=O)c2csc(-c3ccc(C(C)C)cc3)n2)c1C. The normalized spacial score (nSPS) is 10.8. The molecule has 1 heterocycles. The number of nitrogens with zero attached hydrogens (tertiary/aromatic N) is 1. The molecule has 1 aromatic heterocycles. The molecule has 0 spiro atoms. The maximum atomic E-state index is 12.6. The Kier molecular flexibility index (Phi) is 5.90. The molecule has 0 aliphatic heterocycles. The minimum Gasteiger partial charge on any atom is -0.326 e. The summed E-state index contributed by atoms with van der Waals surface area (Å²) in [6.45, 7) is 7.62. The van der Waals surface area contributed by atoms with Crippen LogP contribution < -0.4 is 10.6 Å². The second kappa shape index (κ2) is 8.35. The predicted molar refractivity (Wildman–Crippen MR) is 115 cm³/mol. The largest absolute Gasteiger partial charge is 0.326 e. The van der Waals surface area contributed by atoms with Crippen LogP contribution >= 0.6 is 11.3 Å². The first-order valence-electron chi connectivity index (χ1n) is 9.09. The molecule has 2 N–H and O–H groups in total. The van der Waals surface area contributed by atoms with Crippen molar-refractivity contribution in [2.75, 3.05) is 10.6 Å². The summed E-state index contributed by atoms with van der Waals surface area (Å²) in [5.41, 5.74) is 4.76. The lowest BCUT2D eigenvalue weighted by molar-refractivity contribution is -0.114. The standard InChI is InChI=1S/C22H23N3O2S/c1-13(2)16-8-10-17(11-9-16)22-25-20(12-28-22)21(27)24-19-7-5-6-18(14(19)3)23-15(4)26/h5-13H,1-4H3,(H,23,26)(H,24,27). The molecule has 0 saturated heterocycles. The molecule has 3 aromatic rings. The van der Waals surface area contributed by atoms with Gasteiger partial charge in [-0.3, -0.25) is 9.59 Å². The molecule has 0 radical (unpaired) electrons. The highest BCUT2D eigenvalue weighted by atomic mass is 32.1. The number of aromatic nitrogens is 1. The lowest BCUT2D eigenvalue weighted by Crippen LogP contribution is -2.14. The van der Waals surface area contributed by atoms with Crippen molar-refractivity contribution in [1.82, 2.24) is 4.98 Å². The molecule has 0 bridgehead atoms. The van der Waals surface area contributed by atoms with Crippen molar-refractivity contribution in [2.24, 2.45) is 0 Å². The van der Waals surface area contributed by atoms with E-state index in [-0.39, 0.29) is 11.8 Å². The molecule has 3 rings (SSSR count). The summed E-state index contributed by atoms with van der Waals surface area (Å²) in [5.74, 6) is 0.0479. The second-order valence-electron chi connectivity index (χ2n) is 6.93. The van der Waals surface area contributed by atoms with E-state index >= 15 is 0 Å². The number of hydrogen-bond acceptors (Lipinski definition) is 4. The van der Waals surface area contributed by atoms with E-state index in [9.17, 15) is 9.59 Å². The van der Waals surface area contributed by atoms with Crippen molar-refractivity contribution < 1.29 is 9.59 Å². The highest BCUT2D eigenvalue weighted by Crippen LogP contribution is 2.27. The van der Waals surface area contributed by atoms with Crippen LogP contribution in [0.1, 0.15) is 48.3 Å². The van der Waals surface area contributed by atoms with Gasteiger partial charge in [0.15, 0.2) is 0 Å². The zero-order valence-corrected chi connectivity index (χ0v) is 17.2. The summed E-state index contributed by atoms with van der Waals surface area (Å²) in [5, 5.41) is 8.21. The summed E-state index contributed by atoms with van der Waals surface area (Å²) in [6.07, 6.45) is 0. The molecule has 0 aliphatic rings. The summed E-state index contributed by atoms with van der Waals surface area (Å²) >= 11 is 1.44. The Morgan fingerprint density at radius 3 is 2.25 bits per heavy atom. The fraction of sp³-hybridized carbons (Fsp3) is 0.227. The van der Waals surface area contributed by atoms with Crippen LogP contribution in [0.25, 0.3) is 10.6 Å². The molecule has 6 heteroatoms. The van der Waals surface area contributed by atoms with E-state index in [1.54, 1.807) is 23.6 Å². The summed E-state index contributed by atoms with van der Waals surface area (Å²) in [6, 6.07) is 13.7. The molecule has 5 nitrogen and oxygen atoms in total. The number of carbonyl (C=O) groups is 2. The first kappa shape index (κ1) is 19.8. The molecule has 0 fully saturated rings. The Balaban J connectivity index is 1.77. The van der Waals surface area contributed by atoms with Crippen molar-refractivity contribution in [3.8, 4) is 10.6 Å². The van der Waals surface area contributed by atoms with Gasteiger partial charge in [-0.15, -0.1) is 11.3 Å².